The van der Waals surface area contributed by atoms with E-state index in [4.69, 9.17) is 13.9 Å². The summed E-state index contributed by atoms with van der Waals surface area (Å²) in [6.07, 6.45) is 0. The molecule has 1 N–H and O–H groups in total. The van der Waals surface area contributed by atoms with Gasteiger partial charge in [0.25, 0.3) is 5.91 Å². The molecule has 2 aromatic carbocycles. The van der Waals surface area contributed by atoms with E-state index in [9.17, 15) is 9.00 Å². The number of hydrogen-bond acceptors (Lipinski definition) is 5. The number of aryl methyl sites for hydroxylation is 1. The van der Waals surface area contributed by atoms with E-state index in [2.05, 4.69) is 5.32 Å². The van der Waals surface area contributed by atoms with Gasteiger partial charge in [0, 0.05) is 17.0 Å². The zero-order valence-electron chi connectivity index (χ0n) is 16.6. The van der Waals surface area contributed by atoms with Crippen LogP contribution in [0.4, 0.5) is 0 Å². The zero-order valence-corrected chi connectivity index (χ0v) is 17.4. The molecule has 0 aliphatic carbocycles. The third-order valence-electron chi connectivity index (χ3n) is 4.34. The van der Waals surface area contributed by atoms with Gasteiger partial charge >= 0.3 is 0 Å². The Kier molecular flexibility index (Phi) is 6.72. The van der Waals surface area contributed by atoms with Crippen LogP contribution in [-0.2, 0) is 23.1 Å². The zero-order chi connectivity index (χ0) is 20.8. The van der Waals surface area contributed by atoms with Gasteiger partial charge in [-0.2, -0.15) is 0 Å². The number of carbonyl (C=O) groups is 1. The first-order valence-electron chi connectivity index (χ1n) is 9.03. The maximum atomic E-state index is 12.5. The Morgan fingerprint density at radius 1 is 1.07 bits per heavy atom. The van der Waals surface area contributed by atoms with Crippen LogP contribution in [0.15, 0.2) is 63.9 Å². The summed E-state index contributed by atoms with van der Waals surface area (Å²) in [6, 6.07) is 16.3. The van der Waals surface area contributed by atoms with Gasteiger partial charge in [-0.15, -0.1) is 0 Å². The van der Waals surface area contributed by atoms with Gasteiger partial charge in [-0.05, 0) is 42.8 Å². The number of rotatable bonds is 8. The van der Waals surface area contributed by atoms with Crippen LogP contribution in [0.2, 0.25) is 0 Å². The molecule has 0 radical (unpaired) electrons. The predicted octanol–water partition coefficient (Wildman–Crippen LogP) is 3.84. The summed E-state index contributed by atoms with van der Waals surface area (Å²) in [4.78, 5) is 13.2. The molecule has 0 fully saturated rings. The Labute approximate surface area is 172 Å². The molecular formula is C22H23NO5S. The number of furan rings is 1. The first kappa shape index (κ1) is 20.7. The minimum absolute atomic E-state index is 0.170. The lowest BCUT2D eigenvalue weighted by molar-refractivity contribution is 0.0921. The molecule has 3 aromatic rings. The van der Waals surface area contributed by atoms with Crippen molar-refractivity contribution in [2.75, 3.05) is 14.2 Å². The quantitative estimate of drug-likeness (QED) is 0.607. The van der Waals surface area contributed by atoms with Crippen molar-refractivity contribution >= 4 is 16.7 Å². The van der Waals surface area contributed by atoms with E-state index in [1.807, 2.05) is 43.3 Å². The van der Waals surface area contributed by atoms with E-state index in [0.29, 0.717) is 17.3 Å². The fourth-order valence-electron chi connectivity index (χ4n) is 2.90. The molecule has 152 valence electrons. The SMILES string of the molecule is COc1cccc(CNC(=O)c2ccc(CS(=O)c3cccc(C)c3)o2)c1OC. The van der Waals surface area contributed by atoms with Gasteiger partial charge in [-0.25, -0.2) is 0 Å². The van der Waals surface area contributed by atoms with Crippen LogP contribution in [0, 0.1) is 6.92 Å². The smallest absolute Gasteiger partial charge is 0.287 e. The lowest BCUT2D eigenvalue weighted by Gasteiger charge is -2.12. The summed E-state index contributed by atoms with van der Waals surface area (Å²) in [5, 5.41) is 2.80. The number of benzene rings is 2. The Morgan fingerprint density at radius 3 is 2.59 bits per heavy atom. The van der Waals surface area contributed by atoms with E-state index in [1.54, 1.807) is 32.4 Å². The molecule has 1 atom stereocenters. The molecule has 0 saturated heterocycles. The van der Waals surface area contributed by atoms with Crippen LogP contribution in [0.25, 0.3) is 0 Å². The van der Waals surface area contributed by atoms with Crippen molar-refractivity contribution in [2.45, 2.75) is 24.1 Å². The normalized spacial score (nSPS) is 11.7. The van der Waals surface area contributed by atoms with Crippen molar-refractivity contribution < 1.29 is 22.9 Å². The van der Waals surface area contributed by atoms with Crippen LogP contribution in [0.3, 0.4) is 0 Å². The average molecular weight is 413 g/mol. The molecule has 3 rings (SSSR count). The average Bonchev–Trinajstić information content (AvgIpc) is 3.20. The molecule has 0 saturated carbocycles. The molecule has 1 unspecified atom stereocenters. The van der Waals surface area contributed by atoms with Gasteiger partial charge in [-0.1, -0.05) is 24.3 Å². The van der Waals surface area contributed by atoms with Crippen molar-refractivity contribution in [3.05, 3.63) is 77.2 Å². The predicted molar refractivity (Wildman–Crippen MR) is 111 cm³/mol. The van der Waals surface area contributed by atoms with E-state index >= 15 is 0 Å². The summed E-state index contributed by atoms with van der Waals surface area (Å²) >= 11 is 0. The van der Waals surface area contributed by atoms with E-state index < -0.39 is 10.8 Å². The van der Waals surface area contributed by atoms with Crippen LogP contribution >= 0.6 is 0 Å². The molecular weight excluding hydrogens is 390 g/mol. The lowest BCUT2D eigenvalue weighted by atomic mass is 10.2. The van der Waals surface area contributed by atoms with Crippen molar-refractivity contribution in [2.24, 2.45) is 0 Å². The molecule has 1 aromatic heterocycles. The summed E-state index contributed by atoms with van der Waals surface area (Å²) < 4.78 is 28.7. The van der Waals surface area contributed by atoms with Crippen molar-refractivity contribution in [3.63, 3.8) is 0 Å². The second-order valence-electron chi connectivity index (χ2n) is 6.41. The Morgan fingerprint density at radius 2 is 1.86 bits per heavy atom. The number of amides is 1. The van der Waals surface area contributed by atoms with Crippen LogP contribution in [-0.4, -0.2) is 24.3 Å². The van der Waals surface area contributed by atoms with Gasteiger partial charge in [0.15, 0.2) is 17.3 Å². The van der Waals surface area contributed by atoms with Gasteiger partial charge in [0.1, 0.15) is 5.76 Å². The molecule has 0 aliphatic rings. The Balaban J connectivity index is 1.63. The van der Waals surface area contributed by atoms with Gasteiger partial charge in [-0.3, -0.25) is 9.00 Å². The summed E-state index contributed by atoms with van der Waals surface area (Å²) in [6.45, 7) is 2.21. The van der Waals surface area contributed by atoms with Crippen molar-refractivity contribution in [3.8, 4) is 11.5 Å². The highest BCUT2D eigenvalue weighted by Gasteiger charge is 2.15. The minimum atomic E-state index is -1.24. The molecule has 6 nitrogen and oxygen atoms in total. The fourth-order valence-corrected chi connectivity index (χ4v) is 4.03. The topological polar surface area (TPSA) is 77.8 Å². The Bertz CT molecular complexity index is 1030. The van der Waals surface area contributed by atoms with Crippen LogP contribution < -0.4 is 14.8 Å². The molecule has 7 heteroatoms. The van der Waals surface area contributed by atoms with Gasteiger partial charge < -0.3 is 19.2 Å². The van der Waals surface area contributed by atoms with Crippen molar-refractivity contribution in [1.82, 2.24) is 5.32 Å². The van der Waals surface area contributed by atoms with Crippen LogP contribution in [0.1, 0.15) is 27.4 Å². The highest BCUT2D eigenvalue weighted by atomic mass is 32.2. The van der Waals surface area contributed by atoms with E-state index in [1.165, 1.54) is 0 Å². The molecule has 1 amide bonds. The number of methoxy groups -OCH3 is 2. The molecule has 1 heterocycles. The maximum Gasteiger partial charge on any atom is 0.287 e. The number of para-hydroxylation sites is 1. The largest absolute Gasteiger partial charge is 0.493 e. The number of carbonyl (C=O) groups excluding carboxylic acids is 1. The first-order valence-corrected chi connectivity index (χ1v) is 10.4. The molecule has 0 spiro atoms. The van der Waals surface area contributed by atoms with Gasteiger partial charge in [0.05, 0.1) is 30.8 Å². The highest BCUT2D eigenvalue weighted by Crippen LogP contribution is 2.30. The van der Waals surface area contributed by atoms with E-state index in [0.717, 1.165) is 16.0 Å². The minimum Gasteiger partial charge on any atom is -0.493 e. The Hall–Kier alpha value is -3.06. The third-order valence-corrected chi connectivity index (χ3v) is 5.66. The van der Waals surface area contributed by atoms with Crippen molar-refractivity contribution in [1.29, 1.82) is 0 Å². The second kappa shape index (κ2) is 9.43. The first-order chi connectivity index (χ1) is 14.0. The summed E-state index contributed by atoms with van der Waals surface area (Å²) in [7, 11) is 1.87. The number of nitrogens with one attached hydrogen (secondary N) is 1. The van der Waals surface area contributed by atoms with Gasteiger partial charge in [0.2, 0.25) is 0 Å². The second-order valence-corrected chi connectivity index (χ2v) is 7.86. The molecule has 0 aliphatic heterocycles. The third kappa shape index (κ3) is 5.06. The summed E-state index contributed by atoms with van der Waals surface area (Å²) in [5.41, 5.74) is 1.83. The lowest BCUT2D eigenvalue weighted by Crippen LogP contribution is -2.22. The number of ether oxygens (including phenoxy) is 2. The molecule has 29 heavy (non-hydrogen) atoms. The highest BCUT2D eigenvalue weighted by molar-refractivity contribution is 7.84. The monoisotopic (exact) mass is 413 g/mol. The number of hydrogen-bond donors (Lipinski definition) is 1. The summed E-state index contributed by atoms with van der Waals surface area (Å²) in [5.74, 6) is 1.68. The maximum absolute atomic E-state index is 12.5. The van der Waals surface area contributed by atoms with Crippen LogP contribution in [0.5, 0.6) is 11.5 Å². The standard InChI is InChI=1S/C22H23NO5S/c1-15-6-4-8-18(12-15)29(25)14-17-10-11-20(28-17)22(24)23-13-16-7-5-9-19(26-2)21(16)27-3/h4-12H,13-14H2,1-3H3,(H,23,24). The molecule has 0 bridgehead atoms. The van der Waals surface area contributed by atoms with E-state index in [-0.39, 0.29) is 24.0 Å². The fraction of sp³-hybridized carbons (Fsp3) is 0.227.